The van der Waals surface area contributed by atoms with Gasteiger partial charge in [0.25, 0.3) is 0 Å². The molecule has 2 aromatic carbocycles. The highest BCUT2D eigenvalue weighted by Crippen LogP contribution is 2.22. The lowest BCUT2D eigenvalue weighted by atomic mass is 10.2. The van der Waals surface area contributed by atoms with E-state index in [2.05, 4.69) is 10.3 Å². The predicted octanol–water partition coefficient (Wildman–Crippen LogP) is 3.14. The van der Waals surface area contributed by atoms with Crippen LogP contribution in [0.2, 0.25) is 0 Å². The van der Waals surface area contributed by atoms with Crippen LogP contribution in [0.3, 0.4) is 0 Å². The molecule has 2 amide bonds. The first kappa shape index (κ1) is 18.2. The first-order valence-corrected chi connectivity index (χ1v) is 10.4. The molecule has 1 aliphatic heterocycles. The van der Waals surface area contributed by atoms with E-state index in [-0.39, 0.29) is 15.8 Å². The lowest BCUT2D eigenvalue weighted by Gasteiger charge is -2.16. The van der Waals surface area contributed by atoms with Crippen LogP contribution in [-0.2, 0) is 29.5 Å². The minimum Gasteiger partial charge on any atom is -0.334 e. The third-order valence-electron chi connectivity index (χ3n) is 4.70. The molecule has 28 heavy (non-hydrogen) atoms. The third-order valence-corrected chi connectivity index (χ3v) is 6.49. The monoisotopic (exact) mass is 393 g/mol. The second kappa shape index (κ2) is 7.44. The number of nitrogens with zero attached hydrogens (tertiary/aromatic N) is 2. The number of carbonyl (C=O) groups excluding carboxylic acids is 1. The second-order valence-corrected chi connectivity index (χ2v) is 8.53. The van der Waals surface area contributed by atoms with E-state index in [9.17, 15) is 13.2 Å². The fourth-order valence-corrected chi connectivity index (χ4v) is 4.44. The van der Waals surface area contributed by atoms with Crippen molar-refractivity contribution in [2.75, 3.05) is 0 Å². The summed E-state index contributed by atoms with van der Waals surface area (Å²) in [4.78, 5) is 18.9. The van der Waals surface area contributed by atoms with Gasteiger partial charge in [-0.3, -0.25) is 4.98 Å². The highest BCUT2D eigenvalue weighted by atomic mass is 32.2. The fraction of sp³-hybridized carbons (Fsp3) is 0.143. The zero-order valence-corrected chi connectivity index (χ0v) is 15.9. The average Bonchev–Trinajstić information content (AvgIpc) is 3.17. The van der Waals surface area contributed by atoms with E-state index in [1.54, 1.807) is 65.7 Å². The van der Waals surface area contributed by atoms with E-state index in [1.165, 1.54) is 0 Å². The minimum atomic E-state index is -3.53. The molecule has 7 heteroatoms. The van der Waals surface area contributed by atoms with Crippen LogP contribution in [0.25, 0.3) is 0 Å². The maximum absolute atomic E-state index is 12.6. The van der Waals surface area contributed by atoms with Crippen LogP contribution in [-0.4, -0.2) is 24.3 Å². The maximum atomic E-state index is 12.6. The molecular formula is C21H19N3O3S. The van der Waals surface area contributed by atoms with Gasteiger partial charge in [-0.05, 0) is 41.5 Å². The van der Waals surface area contributed by atoms with E-state index in [4.69, 9.17) is 0 Å². The molecule has 0 radical (unpaired) electrons. The molecule has 2 heterocycles. The summed E-state index contributed by atoms with van der Waals surface area (Å²) in [5.74, 6) is 0. The number of rotatable bonds is 4. The van der Waals surface area contributed by atoms with Gasteiger partial charge >= 0.3 is 6.03 Å². The van der Waals surface area contributed by atoms with Gasteiger partial charge in [0.15, 0.2) is 0 Å². The molecule has 0 atom stereocenters. The molecule has 4 rings (SSSR count). The number of aromatic nitrogens is 1. The Morgan fingerprint density at radius 2 is 1.64 bits per heavy atom. The van der Waals surface area contributed by atoms with E-state index in [1.807, 2.05) is 12.1 Å². The zero-order chi connectivity index (χ0) is 19.6. The summed E-state index contributed by atoms with van der Waals surface area (Å²) in [6.07, 6.45) is 1.73. The Morgan fingerprint density at radius 1 is 0.929 bits per heavy atom. The molecule has 1 N–H and O–H groups in total. The molecule has 0 saturated carbocycles. The highest BCUT2D eigenvalue weighted by molar-refractivity contribution is 7.91. The molecule has 0 spiro atoms. The van der Waals surface area contributed by atoms with Crippen LogP contribution in [0.4, 0.5) is 4.79 Å². The first-order valence-electron chi connectivity index (χ1n) is 8.89. The number of fused-ring (bicyclic) bond motifs is 1. The Hall–Kier alpha value is -3.19. The number of sulfone groups is 1. The van der Waals surface area contributed by atoms with Gasteiger partial charge in [0.05, 0.1) is 22.0 Å². The van der Waals surface area contributed by atoms with Crippen LogP contribution in [0.15, 0.2) is 82.7 Å². The zero-order valence-electron chi connectivity index (χ0n) is 15.1. The van der Waals surface area contributed by atoms with Gasteiger partial charge in [-0.2, -0.15) is 0 Å². The third kappa shape index (κ3) is 3.61. The molecule has 0 aliphatic carbocycles. The summed E-state index contributed by atoms with van der Waals surface area (Å²) in [7, 11) is -3.53. The summed E-state index contributed by atoms with van der Waals surface area (Å²) in [6.45, 7) is 1.37. The van der Waals surface area contributed by atoms with E-state index in [0.717, 1.165) is 16.8 Å². The number of nitrogens with one attached hydrogen (secondary N) is 1. The van der Waals surface area contributed by atoms with Crippen LogP contribution in [0.1, 0.15) is 16.8 Å². The fourth-order valence-electron chi connectivity index (χ4n) is 3.16. The summed E-state index contributed by atoms with van der Waals surface area (Å²) in [5.41, 5.74) is 2.82. The van der Waals surface area contributed by atoms with Gasteiger partial charge < -0.3 is 10.2 Å². The molecule has 0 bridgehead atoms. The van der Waals surface area contributed by atoms with Crippen molar-refractivity contribution in [3.05, 3.63) is 89.7 Å². The van der Waals surface area contributed by atoms with Gasteiger partial charge in [-0.25, -0.2) is 13.2 Å². The largest absolute Gasteiger partial charge is 0.334 e. The van der Waals surface area contributed by atoms with Crippen LogP contribution in [0, 0.1) is 0 Å². The molecule has 6 nitrogen and oxygen atoms in total. The lowest BCUT2D eigenvalue weighted by Crippen LogP contribution is -2.36. The Labute approximate surface area is 163 Å². The first-order chi connectivity index (χ1) is 13.5. The van der Waals surface area contributed by atoms with Crippen LogP contribution < -0.4 is 5.32 Å². The van der Waals surface area contributed by atoms with Crippen molar-refractivity contribution >= 4 is 15.9 Å². The average molecular weight is 393 g/mol. The normalized spacial score (nSPS) is 13.2. The van der Waals surface area contributed by atoms with Crippen molar-refractivity contribution in [1.82, 2.24) is 15.2 Å². The van der Waals surface area contributed by atoms with Crippen molar-refractivity contribution in [3.63, 3.8) is 0 Å². The molecular weight excluding hydrogens is 374 g/mol. The summed E-state index contributed by atoms with van der Waals surface area (Å²) in [5, 5.41) is 2.88. The molecule has 1 aliphatic rings. The van der Waals surface area contributed by atoms with Crippen LogP contribution >= 0.6 is 0 Å². The number of urea groups is 1. The Bertz CT molecular complexity index is 1070. The molecule has 3 aromatic rings. The molecule has 0 saturated heterocycles. The van der Waals surface area contributed by atoms with Crippen molar-refractivity contribution in [2.24, 2.45) is 0 Å². The molecule has 0 unspecified atom stereocenters. The summed E-state index contributed by atoms with van der Waals surface area (Å²) >= 11 is 0. The van der Waals surface area contributed by atoms with Gasteiger partial charge in [-0.1, -0.05) is 36.4 Å². The smallest absolute Gasteiger partial charge is 0.318 e. The van der Waals surface area contributed by atoms with Gasteiger partial charge in [-0.15, -0.1) is 0 Å². The number of hydrogen-bond acceptors (Lipinski definition) is 4. The van der Waals surface area contributed by atoms with Crippen molar-refractivity contribution in [1.29, 1.82) is 0 Å². The number of carbonyl (C=O) groups is 1. The Morgan fingerprint density at radius 3 is 2.36 bits per heavy atom. The second-order valence-electron chi connectivity index (χ2n) is 6.58. The number of benzene rings is 2. The lowest BCUT2D eigenvalue weighted by molar-refractivity contribution is 0.197. The molecule has 142 valence electrons. The molecule has 1 aromatic heterocycles. The van der Waals surface area contributed by atoms with Gasteiger partial charge in [0.1, 0.15) is 0 Å². The number of pyridine rings is 1. The quantitative estimate of drug-likeness (QED) is 0.739. The number of amides is 2. The molecule has 0 fully saturated rings. The maximum Gasteiger partial charge on any atom is 0.318 e. The summed E-state index contributed by atoms with van der Waals surface area (Å²) < 4.78 is 25.2. The Balaban J connectivity index is 1.38. The highest BCUT2D eigenvalue weighted by Gasteiger charge is 2.23. The van der Waals surface area contributed by atoms with E-state index < -0.39 is 9.84 Å². The van der Waals surface area contributed by atoms with Crippen molar-refractivity contribution < 1.29 is 13.2 Å². The van der Waals surface area contributed by atoms with E-state index in [0.29, 0.717) is 19.6 Å². The Kier molecular flexibility index (Phi) is 4.83. The summed E-state index contributed by atoms with van der Waals surface area (Å²) in [6, 6.07) is 18.6. The van der Waals surface area contributed by atoms with Crippen LogP contribution in [0.5, 0.6) is 0 Å². The SMILES string of the molecule is O=C(NCc1ccc(S(=O)(=O)c2ccccc2)cc1)N1Cc2cccnc2C1. The van der Waals surface area contributed by atoms with Crippen molar-refractivity contribution in [2.45, 2.75) is 29.4 Å². The van der Waals surface area contributed by atoms with Gasteiger partial charge in [0, 0.05) is 19.3 Å². The van der Waals surface area contributed by atoms with E-state index >= 15 is 0 Å². The van der Waals surface area contributed by atoms with Gasteiger partial charge in [0.2, 0.25) is 9.84 Å². The van der Waals surface area contributed by atoms with Crippen molar-refractivity contribution in [3.8, 4) is 0 Å². The minimum absolute atomic E-state index is 0.168. The topological polar surface area (TPSA) is 79.4 Å². The predicted molar refractivity (Wildman–Crippen MR) is 104 cm³/mol. The number of hydrogen-bond donors (Lipinski definition) is 1. The standard InChI is InChI=1S/C21H19N3O3S/c25-21(24-14-17-5-4-12-22-20(17)15-24)23-13-16-8-10-19(11-9-16)28(26,27)18-6-2-1-3-7-18/h1-12H,13-15H2,(H,23,25).